The minimum atomic E-state index is -0.172. The van der Waals surface area contributed by atoms with Gasteiger partial charge in [-0.2, -0.15) is 0 Å². The summed E-state index contributed by atoms with van der Waals surface area (Å²) >= 11 is 0. The summed E-state index contributed by atoms with van der Waals surface area (Å²) in [5.41, 5.74) is 2.61. The SMILES string of the molecule is CCOC1CC(O)C12CCN(Cc1cccc3[nH]ccc13)CC2. The molecular weight excluding hydrogens is 288 g/mol. The van der Waals surface area contributed by atoms with Gasteiger partial charge >= 0.3 is 0 Å². The van der Waals surface area contributed by atoms with E-state index in [9.17, 15) is 5.11 Å². The molecule has 1 spiro atoms. The number of aliphatic hydroxyl groups is 1. The van der Waals surface area contributed by atoms with Gasteiger partial charge in [0.05, 0.1) is 12.2 Å². The Hall–Kier alpha value is -1.36. The average Bonchev–Trinajstić information content (AvgIpc) is 3.05. The Kier molecular flexibility index (Phi) is 3.92. The predicted molar refractivity (Wildman–Crippen MR) is 91.3 cm³/mol. The number of nitrogens with zero attached hydrogens (tertiary/aromatic N) is 1. The minimum absolute atomic E-state index is 0.0204. The first-order valence-corrected chi connectivity index (χ1v) is 8.80. The smallest absolute Gasteiger partial charge is 0.0681 e. The van der Waals surface area contributed by atoms with Gasteiger partial charge in [0.1, 0.15) is 0 Å². The molecule has 2 unspecified atom stereocenters. The topological polar surface area (TPSA) is 48.5 Å². The van der Waals surface area contributed by atoms with E-state index in [0.717, 1.165) is 45.5 Å². The summed E-state index contributed by atoms with van der Waals surface area (Å²) < 4.78 is 5.86. The fourth-order valence-electron chi connectivity index (χ4n) is 4.47. The summed E-state index contributed by atoms with van der Waals surface area (Å²) in [7, 11) is 0. The Labute approximate surface area is 137 Å². The summed E-state index contributed by atoms with van der Waals surface area (Å²) in [6, 6.07) is 8.64. The summed E-state index contributed by atoms with van der Waals surface area (Å²) in [6.07, 6.45) is 5.00. The molecule has 2 aromatic rings. The van der Waals surface area contributed by atoms with Crippen molar-refractivity contribution in [3.8, 4) is 0 Å². The highest BCUT2D eigenvalue weighted by molar-refractivity contribution is 5.82. The summed E-state index contributed by atoms with van der Waals surface area (Å²) in [5.74, 6) is 0. The van der Waals surface area contributed by atoms with Gasteiger partial charge < -0.3 is 14.8 Å². The molecular formula is C19H26N2O2. The lowest BCUT2D eigenvalue weighted by atomic mass is 9.58. The van der Waals surface area contributed by atoms with Crippen molar-refractivity contribution in [2.45, 2.75) is 44.9 Å². The third-order valence-corrected chi connectivity index (χ3v) is 5.98. The molecule has 23 heavy (non-hydrogen) atoms. The zero-order valence-electron chi connectivity index (χ0n) is 13.8. The number of aromatic nitrogens is 1. The van der Waals surface area contributed by atoms with Crippen LogP contribution in [0.15, 0.2) is 30.5 Å². The highest BCUT2D eigenvalue weighted by Crippen LogP contribution is 2.51. The number of benzene rings is 1. The van der Waals surface area contributed by atoms with Crippen LogP contribution in [0.4, 0.5) is 0 Å². The van der Waals surface area contributed by atoms with Crippen molar-refractivity contribution in [3.63, 3.8) is 0 Å². The van der Waals surface area contributed by atoms with Crippen molar-refractivity contribution in [2.75, 3.05) is 19.7 Å². The Morgan fingerprint density at radius 3 is 2.87 bits per heavy atom. The number of aromatic amines is 1. The highest BCUT2D eigenvalue weighted by atomic mass is 16.5. The number of nitrogens with one attached hydrogen (secondary N) is 1. The van der Waals surface area contributed by atoms with Crippen LogP contribution >= 0.6 is 0 Å². The van der Waals surface area contributed by atoms with Crippen molar-refractivity contribution in [3.05, 3.63) is 36.0 Å². The van der Waals surface area contributed by atoms with Gasteiger partial charge in [0.2, 0.25) is 0 Å². The Bertz CT molecular complexity index is 671. The summed E-state index contributed by atoms with van der Waals surface area (Å²) in [6.45, 7) is 5.87. The molecule has 4 nitrogen and oxygen atoms in total. The number of piperidine rings is 1. The molecule has 1 saturated heterocycles. The highest BCUT2D eigenvalue weighted by Gasteiger charge is 2.55. The molecule has 0 radical (unpaired) electrons. The normalized spacial score (nSPS) is 27.4. The maximum absolute atomic E-state index is 10.3. The number of rotatable bonds is 4. The van der Waals surface area contributed by atoms with Crippen LogP contribution in [-0.2, 0) is 11.3 Å². The molecule has 1 aliphatic carbocycles. The molecule has 2 fully saturated rings. The molecule has 124 valence electrons. The van der Waals surface area contributed by atoms with E-state index in [1.54, 1.807) is 0 Å². The van der Waals surface area contributed by atoms with Crippen LogP contribution < -0.4 is 0 Å². The van der Waals surface area contributed by atoms with E-state index >= 15 is 0 Å². The zero-order valence-corrected chi connectivity index (χ0v) is 13.8. The van der Waals surface area contributed by atoms with Gasteiger partial charge in [-0.1, -0.05) is 12.1 Å². The van der Waals surface area contributed by atoms with Gasteiger partial charge in [-0.25, -0.2) is 0 Å². The Morgan fingerprint density at radius 1 is 1.30 bits per heavy atom. The van der Waals surface area contributed by atoms with E-state index in [0.29, 0.717) is 0 Å². The third kappa shape index (κ3) is 2.49. The van der Waals surface area contributed by atoms with Crippen LogP contribution in [-0.4, -0.2) is 46.9 Å². The lowest BCUT2D eigenvalue weighted by Gasteiger charge is -2.56. The lowest BCUT2D eigenvalue weighted by molar-refractivity contribution is -0.209. The van der Waals surface area contributed by atoms with E-state index < -0.39 is 0 Å². The van der Waals surface area contributed by atoms with Gasteiger partial charge in [0.15, 0.2) is 0 Å². The predicted octanol–water partition coefficient (Wildman–Crippen LogP) is 2.92. The lowest BCUT2D eigenvalue weighted by Crippen LogP contribution is -2.62. The quantitative estimate of drug-likeness (QED) is 0.912. The number of fused-ring (bicyclic) bond motifs is 1. The van der Waals surface area contributed by atoms with E-state index in [1.807, 2.05) is 13.1 Å². The number of ether oxygens (including phenoxy) is 1. The van der Waals surface area contributed by atoms with Gasteiger partial charge in [0.25, 0.3) is 0 Å². The van der Waals surface area contributed by atoms with Crippen LogP contribution in [0.5, 0.6) is 0 Å². The average molecular weight is 314 g/mol. The molecule has 2 aliphatic rings. The number of hydrogen-bond donors (Lipinski definition) is 2. The molecule has 1 aromatic heterocycles. The third-order valence-electron chi connectivity index (χ3n) is 5.98. The van der Waals surface area contributed by atoms with Crippen molar-refractivity contribution < 1.29 is 9.84 Å². The Balaban J connectivity index is 1.43. The number of aliphatic hydroxyl groups excluding tert-OH is 1. The standard InChI is InChI=1S/C19H26N2O2/c1-2-23-18-12-17(22)19(18)7-10-21(11-8-19)13-14-4-3-5-16-15(14)6-9-20-16/h3-6,9,17-18,20,22H,2,7-8,10-13H2,1H3. The van der Waals surface area contributed by atoms with Crippen molar-refractivity contribution >= 4 is 10.9 Å². The molecule has 1 saturated carbocycles. The molecule has 1 aliphatic heterocycles. The summed E-state index contributed by atoms with van der Waals surface area (Å²) in [5, 5.41) is 11.6. The maximum Gasteiger partial charge on any atom is 0.0681 e. The number of H-pyrrole nitrogens is 1. The van der Waals surface area contributed by atoms with Gasteiger partial charge in [-0.05, 0) is 50.6 Å². The largest absolute Gasteiger partial charge is 0.392 e. The molecule has 2 atom stereocenters. The van der Waals surface area contributed by atoms with Crippen LogP contribution in [0.3, 0.4) is 0 Å². The van der Waals surface area contributed by atoms with E-state index in [-0.39, 0.29) is 17.6 Å². The molecule has 1 aromatic carbocycles. The fraction of sp³-hybridized carbons (Fsp3) is 0.579. The second-order valence-electron chi connectivity index (χ2n) is 7.06. The zero-order chi connectivity index (χ0) is 15.9. The first-order chi connectivity index (χ1) is 11.2. The molecule has 0 amide bonds. The molecule has 0 bridgehead atoms. The molecule has 2 heterocycles. The molecule has 2 N–H and O–H groups in total. The van der Waals surface area contributed by atoms with E-state index in [4.69, 9.17) is 4.74 Å². The van der Waals surface area contributed by atoms with Gasteiger partial charge in [0, 0.05) is 42.1 Å². The summed E-state index contributed by atoms with van der Waals surface area (Å²) in [4.78, 5) is 5.80. The van der Waals surface area contributed by atoms with Crippen molar-refractivity contribution in [1.29, 1.82) is 0 Å². The second kappa shape index (κ2) is 5.93. The fourth-order valence-corrected chi connectivity index (χ4v) is 4.47. The van der Waals surface area contributed by atoms with Crippen molar-refractivity contribution in [1.82, 2.24) is 9.88 Å². The molecule has 4 heteroatoms. The van der Waals surface area contributed by atoms with Gasteiger partial charge in [-0.15, -0.1) is 0 Å². The van der Waals surface area contributed by atoms with Crippen LogP contribution in [0, 0.1) is 5.41 Å². The van der Waals surface area contributed by atoms with Gasteiger partial charge in [-0.3, -0.25) is 4.90 Å². The Morgan fingerprint density at radius 2 is 2.13 bits per heavy atom. The van der Waals surface area contributed by atoms with Crippen molar-refractivity contribution in [2.24, 2.45) is 5.41 Å². The molecule has 4 rings (SSSR count). The van der Waals surface area contributed by atoms with Crippen LogP contribution in [0.2, 0.25) is 0 Å². The van der Waals surface area contributed by atoms with Crippen LogP contribution in [0.25, 0.3) is 10.9 Å². The first-order valence-electron chi connectivity index (χ1n) is 8.80. The van der Waals surface area contributed by atoms with Crippen LogP contribution in [0.1, 0.15) is 31.7 Å². The minimum Gasteiger partial charge on any atom is -0.392 e. The number of hydrogen-bond acceptors (Lipinski definition) is 3. The second-order valence-corrected chi connectivity index (χ2v) is 7.06. The van der Waals surface area contributed by atoms with E-state index in [1.165, 1.54) is 16.5 Å². The number of likely N-dealkylation sites (tertiary alicyclic amines) is 1. The monoisotopic (exact) mass is 314 g/mol. The first kappa shape index (κ1) is 15.2. The van der Waals surface area contributed by atoms with E-state index in [2.05, 4.69) is 34.1 Å². The maximum atomic E-state index is 10.3.